The molecule has 3 heteroatoms. The van der Waals surface area contributed by atoms with Crippen LogP contribution >= 0.6 is 0 Å². The first-order chi connectivity index (χ1) is 8.69. The molecule has 0 heterocycles. The topological polar surface area (TPSA) is 41.5 Å². The number of ether oxygens (including phenoxy) is 1. The van der Waals surface area contributed by atoms with Gasteiger partial charge in [-0.05, 0) is 37.0 Å². The van der Waals surface area contributed by atoms with E-state index in [0.717, 1.165) is 11.7 Å². The fraction of sp³-hybridized carbons (Fsp3) is 0.600. The van der Waals surface area contributed by atoms with Gasteiger partial charge in [-0.1, -0.05) is 25.5 Å². The maximum atomic E-state index is 9.83. The molecule has 0 aromatic heterocycles. The van der Waals surface area contributed by atoms with E-state index in [4.69, 9.17) is 4.74 Å². The average molecular weight is 249 g/mol. The van der Waals surface area contributed by atoms with Crippen LogP contribution in [0, 0.1) is 12.8 Å². The minimum atomic E-state index is -0.441. The molecular formula is C15H23NO2. The number of aliphatic hydroxyl groups is 1. The van der Waals surface area contributed by atoms with E-state index in [-0.39, 0.29) is 0 Å². The summed E-state index contributed by atoms with van der Waals surface area (Å²) >= 11 is 0. The fourth-order valence-electron chi connectivity index (χ4n) is 2.19. The van der Waals surface area contributed by atoms with E-state index in [0.29, 0.717) is 19.2 Å². The fourth-order valence-corrected chi connectivity index (χ4v) is 2.19. The van der Waals surface area contributed by atoms with Crippen LogP contribution in [0.4, 0.5) is 0 Å². The standard InChI is InChI=1S/C15H23NO2/c1-3-12-8-15(12)16-9-13(17)10-18-14-6-4-5-11(2)7-14/h4-7,12-13,15-17H,3,8-10H2,1-2H3. The van der Waals surface area contributed by atoms with Crippen molar-refractivity contribution in [2.24, 2.45) is 5.92 Å². The lowest BCUT2D eigenvalue weighted by molar-refractivity contribution is 0.106. The summed E-state index contributed by atoms with van der Waals surface area (Å²) in [6.07, 6.45) is 2.04. The van der Waals surface area contributed by atoms with Gasteiger partial charge in [0.2, 0.25) is 0 Å². The first-order valence-corrected chi connectivity index (χ1v) is 6.80. The van der Waals surface area contributed by atoms with Gasteiger partial charge in [0.15, 0.2) is 0 Å². The maximum absolute atomic E-state index is 9.83. The smallest absolute Gasteiger partial charge is 0.119 e. The zero-order chi connectivity index (χ0) is 13.0. The van der Waals surface area contributed by atoms with E-state index < -0.39 is 6.10 Å². The molecule has 0 aliphatic heterocycles. The molecule has 0 saturated heterocycles. The summed E-state index contributed by atoms with van der Waals surface area (Å²) in [5.41, 5.74) is 1.17. The highest BCUT2D eigenvalue weighted by atomic mass is 16.5. The Morgan fingerprint density at radius 1 is 1.50 bits per heavy atom. The molecule has 1 aromatic carbocycles. The molecule has 3 unspecified atom stereocenters. The minimum Gasteiger partial charge on any atom is -0.491 e. The summed E-state index contributed by atoms with van der Waals surface area (Å²) in [6.45, 7) is 5.21. The van der Waals surface area contributed by atoms with E-state index in [1.165, 1.54) is 18.4 Å². The second-order valence-corrected chi connectivity index (χ2v) is 5.20. The van der Waals surface area contributed by atoms with Gasteiger partial charge in [0.25, 0.3) is 0 Å². The summed E-state index contributed by atoms with van der Waals surface area (Å²) in [4.78, 5) is 0. The van der Waals surface area contributed by atoms with Crippen molar-refractivity contribution in [1.29, 1.82) is 0 Å². The van der Waals surface area contributed by atoms with Crippen LogP contribution in [-0.4, -0.2) is 30.4 Å². The van der Waals surface area contributed by atoms with Crippen molar-refractivity contribution in [2.75, 3.05) is 13.2 Å². The molecule has 1 saturated carbocycles. The molecule has 100 valence electrons. The van der Waals surface area contributed by atoms with E-state index in [1.807, 2.05) is 31.2 Å². The third kappa shape index (κ3) is 4.00. The van der Waals surface area contributed by atoms with Crippen molar-refractivity contribution < 1.29 is 9.84 Å². The SMILES string of the molecule is CCC1CC1NCC(O)COc1cccc(C)c1. The van der Waals surface area contributed by atoms with Crippen LogP contribution < -0.4 is 10.1 Å². The normalized spacial score (nSPS) is 23.7. The van der Waals surface area contributed by atoms with Crippen LogP contribution in [0.1, 0.15) is 25.3 Å². The number of rotatable bonds is 7. The number of benzene rings is 1. The second kappa shape index (κ2) is 6.21. The third-order valence-corrected chi connectivity index (χ3v) is 3.49. The van der Waals surface area contributed by atoms with Crippen molar-refractivity contribution in [3.63, 3.8) is 0 Å². The zero-order valence-electron chi connectivity index (χ0n) is 11.2. The largest absolute Gasteiger partial charge is 0.491 e. The van der Waals surface area contributed by atoms with E-state index >= 15 is 0 Å². The lowest BCUT2D eigenvalue weighted by Crippen LogP contribution is -2.33. The third-order valence-electron chi connectivity index (χ3n) is 3.49. The highest BCUT2D eigenvalue weighted by Crippen LogP contribution is 2.32. The summed E-state index contributed by atoms with van der Waals surface area (Å²) in [6, 6.07) is 8.51. The Labute approximate surface area is 109 Å². The van der Waals surface area contributed by atoms with Gasteiger partial charge in [-0.3, -0.25) is 0 Å². The molecule has 3 nitrogen and oxygen atoms in total. The Kier molecular flexibility index (Phi) is 4.61. The molecule has 0 bridgehead atoms. The van der Waals surface area contributed by atoms with Gasteiger partial charge in [-0.15, -0.1) is 0 Å². The van der Waals surface area contributed by atoms with Crippen molar-refractivity contribution in [1.82, 2.24) is 5.32 Å². The van der Waals surface area contributed by atoms with E-state index in [9.17, 15) is 5.11 Å². The Hall–Kier alpha value is -1.06. The summed E-state index contributed by atoms with van der Waals surface area (Å²) < 4.78 is 5.56. The first-order valence-electron chi connectivity index (χ1n) is 6.80. The van der Waals surface area contributed by atoms with Gasteiger partial charge >= 0.3 is 0 Å². The van der Waals surface area contributed by atoms with Gasteiger partial charge in [0, 0.05) is 12.6 Å². The molecular weight excluding hydrogens is 226 g/mol. The first kappa shape index (κ1) is 13.4. The number of hydrogen-bond acceptors (Lipinski definition) is 3. The van der Waals surface area contributed by atoms with Gasteiger partial charge < -0.3 is 15.2 Å². The molecule has 1 fully saturated rings. The lowest BCUT2D eigenvalue weighted by atomic mass is 10.2. The number of hydrogen-bond donors (Lipinski definition) is 2. The van der Waals surface area contributed by atoms with E-state index in [1.54, 1.807) is 0 Å². The summed E-state index contributed by atoms with van der Waals surface area (Å²) in [5, 5.41) is 13.2. The Bertz CT molecular complexity index is 381. The predicted molar refractivity (Wildman–Crippen MR) is 72.9 cm³/mol. The average Bonchev–Trinajstić information content (AvgIpc) is 3.13. The molecule has 2 N–H and O–H groups in total. The van der Waals surface area contributed by atoms with Crippen molar-refractivity contribution in [2.45, 2.75) is 38.8 Å². The Morgan fingerprint density at radius 2 is 2.33 bits per heavy atom. The predicted octanol–water partition coefficient (Wildman–Crippen LogP) is 2.12. The highest BCUT2D eigenvalue weighted by molar-refractivity contribution is 5.27. The Balaban J connectivity index is 1.64. The summed E-state index contributed by atoms with van der Waals surface area (Å²) in [5.74, 6) is 1.64. The molecule has 0 spiro atoms. The minimum absolute atomic E-state index is 0.347. The molecule has 1 aliphatic rings. The van der Waals surface area contributed by atoms with Crippen LogP contribution in [0.2, 0.25) is 0 Å². The van der Waals surface area contributed by atoms with Crippen molar-refractivity contribution in [3.8, 4) is 5.75 Å². The summed E-state index contributed by atoms with van der Waals surface area (Å²) in [7, 11) is 0. The second-order valence-electron chi connectivity index (χ2n) is 5.20. The molecule has 1 aliphatic carbocycles. The van der Waals surface area contributed by atoms with Crippen molar-refractivity contribution in [3.05, 3.63) is 29.8 Å². The number of aryl methyl sites for hydroxylation is 1. The number of aliphatic hydroxyl groups excluding tert-OH is 1. The van der Waals surface area contributed by atoms with Gasteiger partial charge in [-0.2, -0.15) is 0 Å². The van der Waals surface area contributed by atoms with Crippen LogP contribution in [0.5, 0.6) is 5.75 Å². The molecule has 1 aromatic rings. The quantitative estimate of drug-likeness (QED) is 0.778. The zero-order valence-corrected chi connectivity index (χ0v) is 11.2. The van der Waals surface area contributed by atoms with E-state index in [2.05, 4.69) is 12.2 Å². The van der Waals surface area contributed by atoms with Crippen LogP contribution in [-0.2, 0) is 0 Å². The van der Waals surface area contributed by atoms with Crippen molar-refractivity contribution >= 4 is 0 Å². The molecule has 3 atom stereocenters. The Morgan fingerprint density at radius 3 is 3.00 bits per heavy atom. The highest BCUT2D eigenvalue weighted by Gasteiger charge is 2.34. The molecule has 0 radical (unpaired) electrons. The maximum Gasteiger partial charge on any atom is 0.119 e. The monoisotopic (exact) mass is 249 g/mol. The van der Waals surface area contributed by atoms with Crippen LogP contribution in [0.3, 0.4) is 0 Å². The van der Waals surface area contributed by atoms with Gasteiger partial charge in [-0.25, -0.2) is 0 Å². The number of nitrogens with one attached hydrogen (secondary N) is 1. The van der Waals surface area contributed by atoms with Gasteiger partial charge in [0.1, 0.15) is 18.5 Å². The van der Waals surface area contributed by atoms with Crippen LogP contribution in [0.15, 0.2) is 24.3 Å². The lowest BCUT2D eigenvalue weighted by Gasteiger charge is -2.13. The molecule has 0 amide bonds. The van der Waals surface area contributed by atoms with Gasteiger partial charge in [0.05, 0.1) is 0 Å². The molecule has 2 rings (SSSR count). The molecule has 18 heavy (non-hydrogen) atoms. The van der Waals surface area contributed by atoms with Crippen LogP contribution in [0.25, 0.3) is 0 Å².